The van der Waals surface area contributed by atoms with Gasteiger partial charge in [0.2, 0.25) is 0 Å². The minimum Gasteiger partial charge on any atom is -0.378 e. The molecule has 32 heavy (non-hydrogen) atoms. The molecule has 9 nitrogen and oxygen atoms in total. The zero-order valence-electron chi connectivity index (χ0n) is 18.6. The van der Waals surface area contributed by atoms with Crippen LogP contribution in [-0.4, -0.2) is 76.9 Å². The largest absolute Gasteiger partial charge is 0.378 e. The number of rotatable bonds is 5. The molecule has 0 spiro atoms. The van der Waals surface area contributed by atoms with Crippen LogP contribution in [0.5, 0.6) is 0 Å². The van der Waals surface area contributed by atoms with Gasteiger partial charge in [0.05, 0.1) is 19.3 Å². The fraction of sp³-hybridized carbons (Fsp3) is 0.636. The van der Waals surface area contributed by atoms with Crippen molar-refractivity contribution in [2.75, 3.05) is 32.2 Å². The molecule has 172 valence electrons. The molecule has 2 aromatic rings. The second kappa shape index (κ2) is 9.29. The molecule has 2 N–H and O–H groups in total. The summed E-state index contributed by atoms with van der Waals surface area (Å²) in [6.07, 6.45) is 6.04. The van der Waals surface area contributed by atoms with E-state index in [0.29, 0.717) is 24.4 Å². The Morgan fingerprint density at radius 3 is 2.53 bits per heavy atom. The number of ether oxygens (including phenoxy) is 2. The maximum absolute atomic E-state index is 6.16. The molecule has 0 radical (unpaired) electrons. The maximum Gasteiger partial charge on any atom is 0.182 e. The first-order valence-electron chi connectivity index (χ1n) is 11.5. The van der Waals surface area contributed by atoms with Gasteiger partial charge in [-0.05, 0) is 59.8 Å². The van der Waals surface area contributed by atoms with Gasteiger partial charge in [0, 0.05) is 31.4 Å². The topological polar surface area (TPSA) is 89.4 Å². The van der Waals surface area contributed by atoms with E-state index in [0.717, 1.165) is 17.1 Å². The summed E-state index contributed by atoms with van der Waals surface area (Å²) in [7, 11) is 4.04. The van der Waals surface area contributed by atoms with Crippen LogP contribution in [-0.2, 0) is 9.47 Å². The number of hydrogen-bond donors (Lipinski definition) is 2. The van der Waals surface area contributed by atoms with Gasteiger partial charge in [0.1, 0.15) is 18.2 Å². The molecule has 3 aliphatic rings. The number of anilines is 1. The first-order chi connectivity index (χ1) is 15.6. The Morgan fingerprint density at radius 1 is 1.03 bits per heavy atom. The van der Waals surface area contributed by atoms with Crippen molar-refractivity contribution in [2.24, 2.45) is 0 Å². The van der Waals surface area contributed by atoms with Gasteiger partial charge in [-0.1, -0.05) is 19.3 Å². The van der Waals surface area contributed by atoms with Crippen LogP contribution in [0.3, 0.4) is 0 Å². The van der Waals surface area contributed by atoms with Gasteiger partial charge >= 0.3 is 0 Å². The molecule has 0 amide bonds. The first kappa shape index (κ1) is 21.5. The molecule has 5 rings (SSSR count). The van der Waals surface area contributed by atoms with Crippen molar-refractivity contribution in [3.05, 3.63) is 24.3 Å². The maximum atomic E-state index is 6.16. The monoisotopic (exact) mass is 457 g/mol. The lowest BCUT2D eigenvalue weighted by Crippen LogP contribution is -2.50. The van der Waals surface area contributed by atoms with Crippen LogP contribution in [0.1, 0.15) is 38.1 Å². The molecule has 1 aliphatic carbocycles. The van der Waals surface area contributed by atoms with Crippen LogP contribution in [0, 0.1) is 0 Å². The van der Waals surface area contributed by atoms with Crippen molar-refractivity contribution in [3.8, 4) is 11.4 Å². The van der Waals surface area contributed by atoms with Crippen molar-refractivity contribution < 1.29 is 9.47 Å². The molecular weight excluding hydrogens is 426 g/mol. The standard InChI is InChI=1S/C22H31N7O2S/c1-28(2)16-10-8-14(9-11-16)21-25-26-27-29(21)18-13-31-19-17(12-30-20(18)19)24-22(32)23-15-6-4-3-5-7-15/h8-11,15,17-20H,3-7,12-13H2,1-2H3,(H2,23,24,32)/t17-,18-,19+,20+/m0/s1. The minimum atomic E-state index is -0.117. The van der Waals surface area contributed by atoms with E-state index in [1.165, 1.54) is 32.1 Å². The number of tetrazole rings is 1. The van der Waals surface area contributed by atoms with Crippen LogP contribution in [0.4, 0.5) is 5.69 Å². The average molecular weight is 458 g/mol. The first-order valence-corrected chi connectivity index (χ1v) is 11.9. The summed E-state index contributed by atoms with van der Waals surface area (Å²) in [5.41, 5.74) is 2.09. The molecule has 3 heterocycles. The molecular formula is C22H31N7O2S. The van der Waals surface area contributed by atoms with E-state index in [9.17, 15) is 0 Å². The van der Waals surface area contributed by atoms with Crippen LogP contribution < -0.4 is 15.5 Å². The third kappa shape index (κ3) is 4.31. The summed E-state index contributed by atoms with van der Waals surface area (Å²) < 4.78 is 14.2. The predicted octanol–water partition coefficient (Wildman–Crippen LogP) is 1.91. The zero-order chi connectivity index (χ0) is 22.1. The average Bonchev–Trinajstić information content (AvgIpc) is 3.52. The zero-order valence-corrected chi connectivity index (χ0v) is 19.4. The van der Waals surface area contributed by atoms with E-state index in [-0.39, 0.29) is 24.3 Å². The molecule has 4 atom stereocenters. The van der Waals surface area contributed by atoms with E-state index in [1.54, 1.807) is 0 Å². The fourth-order valence-electron chi connectivity index (χ4n) is 4.97. The highest BCUT2D eigenvalue weighted by Crippen LogP contribution is 2.36. The number of thiocarbonyl (C=S) groups is 1. The number of nitrogens with one attached hydrogen (secondary N) is 2. The molecule has 2 aliphatic heterocycles. The quantitative estimate of drug-likeness (QED) is 0.654. The molecule has 0 unspecified atom stereocenters. The Hall–Kier alpha value is -2.30. The number of fused-ring (bicyclic) bond motifs is 1. The number of benzene rings is 1. The SMILES string of the molecule is CN(C)c1ccc(-c2nnnn2[C@H]2CO[C@H]3[C@@H]2OC[C@@H]3NC(=S)NC2CCCCC2)cc1. The summed E-state index contributed by atoms with van der Waals surface area (Å²) in [5.74, 6) is 0.721. The summed E-state index contributed by atoms with van der Waals surface area (Å²) in [6.45, 7) is 1.05. The van der Waals surface area contributed by atoms with E-state index in [4.69, 9.17) is 21.7 Å². The molecule has 3 fully saturated rings. The second-order valence-electron chi connectivity index (χ2n) is 9.11. The Labute approximate surface area is 193 Å². The van der Waals surface area contributed by atoms with Crippen molar-refractivity contribution in [1.29, 1.82) is 0 Å². The van der Waals surface area contributed by atoms with Crippen LogP contribution in [0.2, 0.25) is 0 Å². The molecule has 1 aromatic heterocycles. The summed E-state index contributed by atoms with van der Waals surface area (Å²) in [4.78, 5) is 2.06. The van der Waals surface area contributed by atoms with Gasteiger partial charge in [0.15, 0.2) is 10.9 Å². The van der Waals surface area contributed by atoms with Gasteiger partial charge in [0.25, 0.3) is 0 Å². The Kier molecular flexibility index (Phi) is 6.25. The van der Waals surface area contributed by atoms with Gasteiger partial charge in [-0.25, -0.2) is 4.68 Å². The molecule has 1 aromatic carbocycles. The minimum absolute atomic E-state index is 0.0212. The van der Waals surface area contributed by atoms with Gasteiger partial charge in [-0.2, -0.15) is 0 Å². The number of hydrogen-bond acceptors (Lipinski definition) is 7. The summed E-state index contributed by atoms with van der Waals surface area (Å²) >= 11 is 5.58. The van der Waals surface area contributed by atoms with Gasteiger partial charge in [-0.3, -0.25) is 0 Å². The fourth-order valence-corrected chi connectivity index (χ4v) is 5.29. The summed E-state index contributed by atoms with van der Waals surface area (Å²) in [5, 5.41) is 20.1. The predicted molar refractivity (Wildman–Crippen MR) is 126 cm³/mol. The number of aromatic nitrogens is 4. The van der Waals surface area contributed by atoms with Crippen LogP contribution in [0.15, 0.2) is 24.3 Å². The highest BCUT2D eigenvalue weighted by molar-refractivity contribution is 7.80. The van der Waals surface area contributed by atoms with Gasteiger partial charge in [-0.15, -0.1) is 5.10 Å². The summed E-state index contributed by atoms with van der Waals surface area (Å²) in [6, 6.07) is 8.63. The van der Waals surface area contributed by atoms with Crippen molar-refractivity contribution in [3.63, 3.8) is 0 Å². The number of nitrogens with zero attached hydrogens (tertiary/aromatic N) is 5. The third-order valence-corrected chi connectivity index (χ3v) is 6.97. The lowest BCUT2D eigenvalue weighted by atomic mass is 9.96. The Bertz CT molecular complexity index is 929. The normalized spacial score (nSPS) is 27.8. The molecule has 0 bridgehead atoms. The Morgan fingerprint density at radius 2 is 1.78 bits per heavy atom. The van der Waals surface area contributed by atoms with Crippen molar-refractivity contribution >= 4 is 23.0 Å². The molecule has 1 saturated carbocycles. The second-order valence-corrected chi connectivity index (χ2v) is 9.52. The highest BCUT2D eigenvalue weighted by Gasteiger charge is 2.49. The third-order valence-electron chi connectivity index (χ3n) is 6.73. The lowest BCUT2D eigenvalue weighted by molar-refractivity contribution is 0.0626. The highest BCUT2D eigenvalue weighted by atomic mass is 32.1. The van der Waals surface area contributed by atoms with E-state index >= 15 is 0 Å². The smallest absolute Gasteiger partial charge is 0.182 e. The molecule has 2 saturated heterocycles. The van der Waals surface area contributed by atoms with Crippen molar-refractivity contribution in [1.82, 2.24) is 30.8 Å². The molecule has 10 heteroatoms. The van der Waals surface area contributed by atoms with Gasteiger partial charge < -0.3 is 25.0 Å². The van der Waals surface area contributed by atoms with Crippen LogP contribution in [0.25, 0.3) is 11.4 Å². The van der Waals surface area contributed by atoms with Crippen molar-refractivity contribution in [2.45, 2.75) is 62.4 Å². The Balaban J connectivity index is 1.24. The van der Waals surface area contributed by atoms with Crippen LogP contribution >= 0.6 is 12.2 Å². The van der Waals surface area contributed by atoms with E-state index in [1.807, 2.05) is 30.9 Å². The van der Waals surface area contributed by atoms with E-state index < -0.39 is 0 Å². The van der Waals surface area contributed by atoms with E-state index in [2.05, 4.69) is 43.2 Å². The lowest BCUT2D eigenvalue weighted by Gasteiger charge is -2.26.